The van der Waals surface area contributed by atoms with Crippen LogP contribution >= 0.6 is 0 Å². The van der Waals surface area contributed by atoms with Gasteiger partial charge in [0.2, 0.25) is 10.0 Å². The predicted molar refractivity (Wildman–Crippen MR) is 105 cm³/mol. The van der Waals surface area contributed by atoms with Gasteiger partial charge in [-0.15, -0.1) is 0 Å². The van der Waals surface area contributed by atoms with Crippen LogP contribution in [0.5, 0.6) is 5.75 Å². The number of morpholine rings is 1. The molecule has 1 aliphatic heterocycles. The molecule has 0 aliphatic carbocycles. The second kappa shape index (κ2) is 8.08. The zero-order valence-electron chi connectivity index (χ0n) is 15.6. The lowest BCUT2D eigenvalue weighted by Crippen LogP contribution is -2.40. The maximum atomic E-state index is 13.0. The summed E-state index contributed by atoms with van der Waals surface area (Å²) >= 11 is 0. The Morgan fingerprint density at radius 3 is 2.21 bits per heavy atom. The van der Waals surface area contributed by atoms with Gasteiger partial charge in [-0.25, -0.2) is 16.8 Å². The standard InChI is InChI=1S/C18H22N2O6S2/c1-19(27(21,22)15-6-4-3-5-7-15)17-14-16(8-9-18(17)25-2)28(23,24)20-10-12-26-13-11-20/h3-9,14H,10-13H2,1-2H3. The van der Waals surface area contributed by atoms with Gasteiger partial charge < -0.3 is 9.47 Å². The van der Waals surface area contributed by atoms with Crippen molar-refractivity contribution in [2.24, 2.45) is 0 Å². The van der Waals surface area contributed by atoms with Crippen molar-refractivity contribution in [3.63, 3.8) is 0 Å². The van der Waals surface area contributed by atoms with Crippen LogP contribution in [0.1, 0.15) is 0 Å². The minimum Gasteiger partial charge on any atom is -0.495 e. The van der Waals surface area contributed by atoms with Gasteiger partial charge in [0.05, 0.1) is 35.8 Å². The molecule has 0 aromatic heterocycles. The summed E-state index contributed by atoms with van der Waals surface area (Å²) < 4.78 is 64.6. The van der Waals surface area contributed by atoms with Crippen molar-refractivity contribution in [3.05, 3.63) is 48.5 Å². The number of rotatable bonds is 6. The molecule has 2 aromatic carbocycles. The molecule has 0 radical (unpaired) electrons. The number of benzene rings is 2. The Balaban J connectivity index is 2.04. The molecular weight excluding hydrogens is 404 g/mol. The second-order valence-corrected chi connectivity index (χ2v) is 10.0. The Labute approximate surface area is 165 Å². The van der Waals surface area contributed by atoms with Crippen LogP contribution in [-0.4, -0.2) is 61.6 Å². The predicted octanol–water partition coefficient (Wildman–Crippen LogP) is 1.54. The summed E-state index contributed by atoms with van der Waals surface area (Å²) in [6.45, 7) is 1.15. The van der Waals surface area contributed by atoms with Crippen LogP contribution in [0, 0.1) is 0 Å². The highest BCUT2D eigenvalue weighted by atomic mass is 32.2. The highest BCUT2D eigenvalue weighted by molar-refractivity contribution is 7.92. The summed E-state index contributed by atoms with van der Waals surface area (Å²) in [5.74, 6) is 0.253. The summed E-state index contributed by atoms with van der Waals surface area (Å²) in [6.07, 6.45) is 0. The van der Waals surface area contributed by atoms with E-state index >= 15 is 0 Å². The number of methoxy groups -OCH3 is 1. The Hall–Kier alpha value is -2.14. The minimum absolute atomic E-state index is 0.000289. The van der Waals surface area contributed by atoms with Crippen LogP contribution in [0.15, 0.2) is 58.3 Å². The highest BCUT2D eigenvalue weighted by Gasteiger charge is 2.29. The van der Waals surface area contributed by atoms with Crippen LogP contribution < -0.4 is 9.04 Å². The molecular formula is C18H22N2O6S2. The molecule has 0 unspecified atom stereocenters. The molecule has 1 saturated heterocycles. The first kappa shape index (κ1) is 20.6. The quantitative estimate of drug-likeness (QED) is 0.696. The van der Waals surface area contributed by atoms with Crippen LogP contribution in [0.3, 0.4) is 0 Å². The average Bonchev–Trinajstić information content (AvgIpc) is 2.74. The molecule has 0 bridgehead atoms. The summed E-state index contributed by atoms with van der Waals surface area (Å²) in [7, 11) is -4.90. The summed E-state index contributed by atoms with van der Waals surface area (Å²) in [5.41, 5.74) is 0.140. The lowest BCUT2D eigenvalue weighted by atomic mass is 10.3. The van der Waals surface area contributed by atoms with Crippen molar-refractivity contribution in [1.82, 2.24) is 4.31 Å². The van der Waals surface area contributed by atoms with E-state index in [2.05, 4.69) is 0 Å². The third kappa shape index (κ3) is 3.86. The fraction of sp³-hybridized carbons (Fsp3) is 0.333. The number of ether oxygens (including phenoxy) is 2. The maximum absolute atomic E-state index is 13.0. The SMILES string of the molecule is COc1ccc(S(=O)(=O)N2CCOCC2)cc1N(C)S(=O)(=O)c1ccccc1. The first-order chi connectivity index (χ1) is 13.3. The largest absolute Gasteiger partial charge is 0.495 e. The number of hydrogen-bond donors (Lipinski definition) is 0. The number of hydrogen-bond acceptors (Lipinski definition) is 6. The molecule has 28 heavy (non-hydrogen) atoms. The zero-order chi connectivity index (χ0) is 20.4. The second-order valence-electron chi connectivity index (χ2n) is 6.14. The molecule has 10 heteroatoms. The molecule has 152 valence electrons. The van der Waals surface area contributed by atoms with Crippen LogP contribution in [0.2, 0.25) is 0 Å². The average molecular weight is 427 g/mol. The minimum atomic E-state index is -3.89. The molecule has 0 spiro atoms. The molecule has 0 N–H and O–H groups in total. The van der Waals surface area contributed by atoms with E-state index in [-0.39, 0.29) is 34.3 Å². The van der Waals surface area contributed by atoms with Crippen LogP contribution in [0.25, 0.3) is 0 Å². The van der Waals surface area contributed by atoms with Crippen molar-refractivity contribution >= 4 is 25.7 Å². The van der Waals surface area contributed by atoms with Gasteiger partial charge in [-0.3, -0.25) is 4.31 Å². The Bertz CT molecular complexity index is 1030. The smallest absolute Gasteiger partial charge is 0.264 e. The summed E-state index contributed by atoms with van der Waals surface area (Å²) in [6, 6.07) is 12.1. The van der Waals surface area contributed by atoms with Gasteiger partial charge in [0.25, 0.3) is 10.0 Å². The van der Waals surface area contributed by atoms with Gasteiger partial charge in [-0.05, 0) is 30.3 Å². The molecule has 0 atom stereocenters. The first-order valence-electron chi connectivity index (χ1n) is 8.58. The Kier molecular flexibility index (Phi) is 5.94. The van der Waals surface area contributed by atoms with Crippen molar-refractivity contribution in [1.29, 1.82) is 0 Å². The van der Waals surface area contributed by atoms with Crippen LogP contribution in [-0.2, 0) is 24.8 Å². The van der Waals surface area contributed by atoms with E-state index in [1.165, 1.54) is 48.8 Å². The summed E-state index contributed by atoms with van der Waals surface area (Å²) in [5, 5.41) is 0. The van der Waals surface area contributed by atoms with E-state index in [9.17, 15) is 16.8 Å². The molecule has 1 aliphatic rings. The number of nitrogens with zero attached hydrogens (tertiary/aromatic N) is 2. The van der Waals surface area contributed by atoms with Gasteiger partial charge in [0.1, 0.15) is 5.75 Å². The fourth-order valence-electron chi connectivity index (χ4n) is 2.89. The Morgan fingerprint density at radius 2 is 1.61 bits per heavy atom. The monoisotopic (exact) mass is 426 g/mol. The topological polar surface area (TPSA) is 93.2 Å². The van der Waals surface area contributed by atoms with Gasteiger partial charge in [-0.2, -0.15) is 4.31 Å². The van der Waals surface area contributed by atoms with E-state index in [4.69, 9.17) is 9.47 Å². The van der Waals surface area contributed by atoms with E-state index in [1.807, 2.05) is 0 Å². The lowest BCUT2D eigenvalue weighted by molar-refractivity contribution is 0.0730. The van der Waals surface area contributed by atoms with Crippen molar-refractivity contribution in [3.8, 4) is 5.75 Å². The third-order valence-electron chi connectivity index (χ3n) is 4.50. The zero-order valence-corrected chi connectivity index (χ0v) is 17.2. The third-order valence-corrected chi connectivity index (χ3v) is 8.18. The molecule has 2 aromatic rings. The van der Waals surface area contributed by atoms with E-state index in [1.54, 1.807) is 18.2 Å². The number of anilines is 1. The molecule has 1 fully saturated rings. The fourth-order valence-corrected chi connectivity index (χ4v) is 5.54. The number of sulfonamides is 2. The van der Waals surface area contributed by atoms with E-state index in [0.717, 1.165) is 4.31 Å². The van der Waals surface area contributed by atoms with Gasteiger partial charge in [0, 0.05) is 20.1 Å². The Morgan fingerprint density at radius 1 is 0.964 bits per heavy atom. The van der Waals surface area contributed by atoms with Crippen molar-refractivity contribution in [2.45, 2.75) is 9.79 Å². The van der Waals surface area contributed by atoms with Gasteiger partial charge in [0.15, 0.2) is 0 Å². The normalized spacial score (nSPS) is 15.9. The van der Waals surface area contributed by atoms with Gasteiger partial charge in [-0.1, -0.05) is 18.2 Å². The molecule has 8 nitrogen and oxygen atoms in total. The molecule has 1 heterocycles. The molecule has 3 rings (SSSR count). The van der Waals surface area contributed by atoms with E-state index < -0.39 is 20.0 Å². The molecule has 0 saturated carbocycles. The van der Waals surface area contributed by atoms with Gasteiger partial charge >= 0.3 is 0 Å². The lowest BCUT2D eigenvalue weighted by Gasteiger charge is -2.27. The highest BCUT2D eigenvalue weighted by Crippen LogP contribution is 2.34. The van der Waals surface area contributed by atoms with Crippen LogP contribution in [0.4, 0.5) is 5.69 Å². The van der Waals surface area contributed by atoms with Crippen molar-refractivity contribution < 1.29 is 26.3 Å². The summed E-state index contributed by atoms with van der Waals surface area (Å²) in [4.78, 5) is 0.0984. The van der Waals surface area contributed by atoms with E-state index in [0.29, 0.717) is 13.2 Å². The maximum Gasteiger partial charge on any atom is 0.264 e. The molecule has 0 amide bonds. The first-order valence-corrected chi connectivity index (χ1v) is 11.5. The van der Waals surface area contributed by atoms with Crippen molar-refractivity contribution in [2.75, 3.05) is 44.8 Å².